The van der Waals surface area contributed by atoms with Crippen LogP contribution in [0.4, 0.5) is 4.79 Å². The van der Waals surface area contributed by atoms with Crippen molar-refractivity contribution in [3.8, 4) is 11.6 Å². The molecule has 4 aliphatic rings. The van der Waals surface area contributed by atoms with E-state index in [0.29, 0.717) is 12.3 Å². The van der Waals surface area contributed by atoms with Crippen LogP contribution in [-0.4, -0.2) is 83.0 Å². The summed E-state index contributed by atoms with van der Waals surface area (Å²) < 4.78 is 36.8. The molecule has 284 valence electrons. The van der Waals surface area contributed by atoms with Crippen LogP contribution in [0.2, 0.25) is 0 Å². The number of carbonyl (C=O) groups is 3. The van der Waals surface area contributed by atoms with Gasteiger partial charge in [0.1, 0.15) is 29.2 Å². The van der Waals surface area contributed by atoms with E-state index in [4.69, 9.17) is 18.7 Å². The first kappa shape index (κ1) is 38.1. The van der Waals surface area contributed by atoms with Crippen molar-refractivity contribution in [2.75, 3.05) is 26.9 Å². The third kappa shape index (κ3) is 7.82. The quantitative estimate of drug-likeness (QED) is 0.220. The summed E-state index contributed by atoms with van der Waals surface area (Å²) in [5.41, 5.74) is 0.641. The van der Waals surface area contributed by atoms with E-state index in [1.54, 1.807) is 20.2 Å². The van der Waals surface area contributed by atoms with Crippen LogP contribution in [0.1, 0.15) is 84.1 Å². The Morgan fingerprint density at radius 2 is 2.00 bits per heavy atom. The van der Waals surface area contributed by atoms with E-state index < -0.39 is 54.9 Å². The Labute approximate surface area is 305 Å². The number of alkyl carbamates (subject to hydrolysis) is 1. The molecule has 3 fully saturated rings. The molecule has 1 saturated heterocycles. The standard InChI is InChI=1S/C38H53N4O9P/c1-6-27-21-38(27,52(46,47)50-7-2)41-33(43)30-20-28-22-42(30)35(44)32(24-12-9-8-10-13-24)40-36(45)49-23-37(3,4)16-11-14-26-18-29-25(19-31(26)48-5)15-17-39-34(29)51-28/h6,15,17-19,24,27-28,30,32H,1,7-14,16,20-23H2,2-5H3,(H,40,45)(H,41,43)(H,46,47)/t27?,28-,30+,32+,38?/m1/s1. The SMILES string of the molecule is C=CC1CC1(NC(=O)[C@@H]1C[C@@H]2CN1C(=O)[C@H](C1CCCCC1)NC(=O)OCC(C)(C)CCCc1cc3c(nccc3cc1OC)O2)P(=O)(O)OCC. The molecule has 4 bridgehead atoms. The largest absolute Gasteiger partial charge is 0.496 e. The number of aromatic nitrogens is 1. The van der Waals surface area contributed by atoms with E-state index in [9.17, 15) is 23.8 Å². The molecule has 1 aromatic heterocycles. The fourth-order valence-electron chi connectivity index (χ4n) is 8.20. The average molecular weight is 741 g/mol. The van der Waals surface area contributed by atoms with Gasteiger partial charge >= 0.3 is 13.7 Å². The molecule has 6 atom stereocenters. The maximum Gasteiger partial charge on any atom is 0.407 e. The summed E-state index contributed by atoms with van der Waals surface area (Å²) >= 11 is 0. The number of nitrogens with one attached hydrogen (secondary N) is 2. The van der Waals surface area contributed by atoms with Crippen molar-refractivity contribution in [3.05, 3.63) is 42.6 Å². The predicted octanol–water partition coefficient (Wildman–Crippen LogP) is 5.87. The number of pyridine rings is 1. The lowest BCUT2D eigenvalue weighted by Gasteiger charge is -2.35. The molecule has 0 radical (unpaired) electrons. The molecule has 2 aliphatic carbocycles. The van der Waals surface area contributed by atoms with Gasteiger partial charge in [-0.25, -0.2) is 9.78 Å². The van der Waals surface area contributed by atoms with E-state index in [2.05, 4.69) is 22.2 Å². The summed E-state index contributed by atoms with van der Waals surface area (Å²) in [6, 6.07) is 3.87. The average Bonchev–Trinajstić information content (AvgIpc) is 3.69. The first-order valence-corrected chi connectivity index (χ1v) is 20.2. The van der Waals surface area contributed by atoms with Gasteiger partial charge in [-0.1, -0.05) is 39.2 Å². The molecular formula is C38H53N4O9P. The summed E-state index contributed by atoms with van der Waals surface area (Å²) in [4.78, 5) is 59.5. The highest BCUT2D eigenvalue weighted by atomic mass is 31.2. The van der Waals surface area contributed by atoms with Gasteiger partial charge < -0.3 is 39.2 Å². The van der Waals surface area contributed by atoms with Crippen LogP contribution in [-0.2, 0) is 29.8 Å². The highest BCUT2D eigenvalue weighted by Crippen LogP contribution is 2.70. The first-order valence-electron chi connectivity index (χ1n) is 18.6. The Kier molecular flexibility index (Phi) is 11.2. The van der Waals surface area contributed by atoms with Gasteiger partial charge in [0.15, 0.2) is 0 Å². The van der Waals surface area contributed by atoms with Crippen molar-refractivity contribution < 1.29 is 42.6 Å². The molecule has 52 heavy (non-hydrogen) atoms. The summed E-state index contributed by atoms with van der Waals surface area (Å²) in [7, 11) is -2.67. The number of methoxy groups -OCH3 is 1. The minimum Gasteiger partial charge on any atom is -0.496 e. The Morgan fingerprint density at radius 3 is 2.69 bits per heavy atom. The number of nitrogens with zero attached hydrogens (tertiary/aromatic N) is 2. The highest BCUT2D eigenvalue weighted by molar-refractivity contribution is 7.55. The third-order valence-electron chi connectivity index (χ3n) is 11.2. The maximum atomic E-state index is 14.7. The smallest absolute Gasteiger partial charge is 0.407 e. The van der Waals surface area contributed by atoms with Crippen LogP contribution >= 0.6 is 7.60 Å². The van der Waals surface area contributed by atoms with Crippen LogP contribution in [0.25, 0.3) is 10.8 Å². The molecule has 6 rings (SSSR count). The zero-order valence-corrected chi connectivity index (χ0v) is 31.6. The molecule has 3 N–H and O–H groups in total. The van der Waals surface area contributed by atoms with E-state index in [1.165, 1.54) is 11.0 Å². The molecule has 3 heterocycles. The molecule has 1 aromatic carbocycles. The summed E-state index contributed by atoms with van der Waals surface area (Å²) in [6.45, 7) is 9.66. The number of ether oxygens (including phenoxy) is 3. The molecule has 2 aromatic rings. The zero-order valence-electron chi connectivity index (χ0n) is 30.7. The van der Waals surface area contributed by atoms with E-state index >= 15 is 0 Å². The Morgan fingerprint density at radius 1 is 1.23 bits per heavy atom. The number of benzene rings is 1. The van der Waals surface area contributed by atoms with Crippen molar-refractivity contribution in [2.24, 2.45) is 17.3 Å². The van der Waals surface area contributed by atoms with Crippen molar-refractivity contribution >= 4 is 36.3 Å². The monoisotopic (exact) mass is 740 g/mol. The second kappa shape index (κ2) is 15.4. The van der Waals surface area contributed by atoms with E-state index in [0.717, 1.165) is 67.0 Å². The van der Waals surface area contributed by atoms with Crippen LogP contribution in [0.15, 0.2) is 37.1 Å². The van der Waals surface area contributed by atoms with Gasteiger partial charge in [0.2, 0.25) is 17.7 Å². The molecular weight excluding hydrogens is 687 g/mol. The van der Waals surface area contributed by atoms with Gasteiger partial charge in [-0.3, -0.25) is 14.2 Å². The molecule has 14 heteroatoms. The lowest BCUT2D eigenvalue weighted by atomic mass is 9.83. The van der Waals surface area contributed by atoms with Crippen LogP contribution in [0.5, 0.6) is 11.6 Å². The Hall–Kier alpha value is -3.67. The predicted molar refractivity (Wildman–Crippen MR) is 195 cm³/mol. The second-order valence-electron chi connectivity index (χ2n) is 15.5. The number of amides is 3. The molecule has 2 aliphatic heterocycles. The molecule has 13 nitrogen and oxygen atoms in total. The van der Waals surface area contributed by atoms with Crippen molar-refractivity contribution in [1.29, 1.82) is 0 Å². The van der Waals surface area contributed by atoms with Gasteiger partial charge in [0.05, 0.1) is 26.9 Å². The first-order chi connectivity index (χ1) is 24.8. The van der Waals surface area contributed by atoms with Crippen molar-refractivity contribution in [1.82, 2.24) is 20.5 Å². The van der Waals surface area contributed by atoms with Gasteiger partial charge in [0.25, 0.3) is 0 Å². The lowest BCUT2D eigenvalue weighted by Crippen LogP contribution is -2.57. The van der Waals surface area contributed by atoms with Gasteiger partial charge in [-0.05, 0) is 85.9 Å². The third-order valence-corrected chi connectivity index (χ3v) is 13.5. The van der Waals surface area contributed by atoms with Gasteiger partial charge in [0, 0.05) is 23.9 Å². The summed E-state index contributed by atoms with van der Waals surface area (Å²) in [5, 5.41) is 5.83. The number of aryl methyl sites for hydroxylation is 1. The number of hydrogen-bond acceptors (Lipinski definition) is 9. The normalized spacial score (nSPS) is 29.5. The Bertz CT molecular complexity index is 1730. The van der Waals surface area contributed by atoms with E-state index in [1.807, 2.05) is 32.0 Å². The molecule has 2 saturated carbocycles. The fourth-order valence-corrected chi connectivity index (χ4v) is 9.98. The van der Waals surface area contributed by atoms with Crippen LogP contribution < -0.4 is 20.1 Å². The Balaban J connectivity index is 1.39. The van der Waals surface area contributed by atoms with Gasteiger partial charge in [-0.15, -0.1) is 6.58 Å². The van der Waals surface area contributed by atoms with Crippen LogP contribution in [0.3, 0.4) is 0 Å². The van der Waals surface area contributed by atoms with Crippen LogP contribution in [0, 0.1) is 17.3 Å². The minimum absolute atomic E-state index is 0.0210. The number of hydrogen-bond donors (Lipinski definition) is 3. The van der Waals surface area contributed by atoms with Gasteiger partial charge in [-0.2, -0.15) is 0 Å². The number of rotatable bonds is 8. The number of fused-ring (bicyclic) bond motifs is 3. The van der Waals surface area contributed by atoms with Crippen molar-refractivity contribution in [2.45, 2.75) is 108 Å². The summed E-state index contributed by atoms with van der Waals surface area (Å²) in [6.07, 6.45) is 8.78. The lowest BCUT2D eigenvalue weighted by molar-refractivity contribution is -0.141. The molecule has 3 amide bonds. The minimum atomic E-state index is -4.31. The topological polar surface area (TPSA) is 166 Å². The zero-order chi connectivity index (χ0) is 37.3. The summed E-state index contributed by atoms with van der Waals surface area (Å²) in [5.74, 6) is -0.548. The van der Waals surface area contributed by atoms with Crippen molar-refractivity contribution in [3.63, 3.8) is 0 Å². The second-order valence-corrected chi connectivity index (χ2v) is 17.6. The molecule has 0 spiro atoms. The molecule has 3 unspecified atom stereocenters. The van der Waals surface area contributed by atoms with E-state index in [-0.39, 0.29) is 43.9 Å². The highest BCUT2D eigenvalue weighted by Gasteiger charge is 2.67. The fraction of sp³-hybridized carbons (Fsp3) is 0.632. The maximum absolute atomic E-state index is 14.7. The number of carbonyl (C=O) groups excluding carboxylic acids is 3. The number of cyclic esters (lactones) is 1.